The number of furan rings is 1. The van der Waals surface area contributed by atoms with E-state index < -0.39 is 0 Å². The molecule has 0 saturated heterocycles. The number of rotatable bonds is 6. The first-order chi connectivity index (χ1) is 15.7. The maximum atomic E-state index is 13.6. The Kier molecular flexibility index (Phi) is 5.91. The topological polar surface area (TPSA) is 89.5 Å². The highest BCUT2D eigenvalue weighted by Crippen LogP contribution is 2.35. The van der Waals surface area contributed by atoms with Gasteiger partial charge in [-0.05, 0) is 55.5 Å². The van der Waals surface area contributed by atoms with Crippen molar-refractivity contribution in [3.8, 4) is 5.69 Å². The predicted molar refractivity (Wildman–Crippen MR) is 127 cm³/mol. The van der Waals surface area contributed by atoms with E-state index in [0.29, 0.717) is 10.9 Å². The summed E-state index contributed by atoms with van der Waals surface area (Å²) in [4.78, 5) is 32.8. The van der Waals surface area contributed by atoms with Gasteiger partial charge < -0.3 is 4.42 Å². The first-order valence-electron chi connectivity index (χ1n) is 10.3. The number of carbonyl (C=O) groups excluding carboxylic acids is 1. The summed E-state index contributed by atoms with van der Waals surface area (Å²) in [5.41, 5.74) is 4.30. The Morgan fingerprint density at radius 1 is 1.22 bits per heavy atom. The Morgan fingerprint density at radius 3 is 2.88 bits per heavy atom. The summed E-state index contributed by atoms with van der Waals surface area (Å²) >= 11 is 2.83. The van der Waals surface area contributed by atoms with Crippen LogP contribution in [-0.4, -0.2) is 27.4 Å². The number of aromatic nitrogens is 2. The van der Waals surface area contributed by atoms with Crippen molar-refractivity contribution in [2.45, 2.75) is 30.8 Å². The molecular formula is C23H20N4O3S2. The summed E-state index contributed by atoms with van der Waals surface area (Å²) < 4.78 is 6.76. The number of carbonyl (C=O) groups is 1. The van der Waals surface area contributed by atoms with Crippen LogP contribution in [0.5, 0.6) is 0 Å². The number of aryl methyl sites for hydroxylation is 2. The van der Waals surface area contributed by atoms with Crippen molar-refractivity contribution < 1.29 is 9.21 Å². The number of thiophene rings is 1. The van der Waals surface area contributed by atoms with Crippen molar-refractivity contribution in [2.24, 2.45) is 5.10 Å². The van der Waals surface area contributed by atoms with Crippen LogP contribution in [0.4, 0.5) is 0 Å². The van der Waals surface area contributed by atoms with Crippen molar-refractivity contribution >= 4 is 45.4 Å². The molecule has 7 nitrogen and oxygen atoms in total. The third-order valence-electron chi connectivity index (χ3n) is 5.23. The Bertz CT molecular complexity index is 1340. The highest BCUT2D eigenvalue weighted by molar-refractivity contribution is 7.99. The van der Waals surface area contributed by atoms with Gasteiger partial charge in [-0.15, -0.1) is 11.3 Å². The number of benzene rings is 1. The van der Waals surface area contributed by atoms with E-state index in [0.717, 1.165) is 47.2 Å². The van der Waals surface area contributed by atoms with E-state index in [9.17, 15) is 9.59 Å². The number of hydrazone groups is 1. The fourth-order valence-electron chi connectivity index (χ4n) is 3.78. The molecule has 32 heavy (non-hydrogen) atoms. The lowest BCUT2D eigenvalue weighted by atomic mass is 9.97. The quantitative estimate of drug-likeness (QED) is 0.200. The molecule has 0 bridgehead atoms. The number of nitrogens with one attached hydrogen (secondary N) is 1. The molecule has 1 aromatic carbocycles. The number of amides is 1. The minimum Gasteiger partial charge on any atom is -0.463 e. The number of hydrogen-bond acceptors (Lipinski definition) is 7. The second-order valence-electron chi connectivity index (χ2n) is 7.36. The average molecular weight is 465 g/mol. The summed E-state index contributed by atoms with van der Waals surface area (Å²) in [5.74, 6) is 0.327. The predicted octanol–water partition coefficient (Wildman–Crippen LogP) is 4.16. The van der Waals surface area contributed by atoms with Crippen LogP contribution in [0.1, 0.15) is 29.0 Å². The lowest BCUT2D eigenvalue weighted by molar-refractivity contribution is -0.118. The fourth-order valence-corrected chi connectivity index (χ4v) is 5.89. The van der Waals surface area contributed by atoms with E-state index >= 15 is 0 Å². The molecule has 1 N–H and O–H groups in total. The van der Waals surface area contributed by atoms with Gasteiger partial charge in [0, 0.05) is 4.88 Å². The smallest absolute Gasteiger partial charge is 0.267 e. The number of thioether (sulfide) groups is 1. The Balaban J connectivity index is 1.46. The molecule has 162 valence electrons. The highest BCUT2D eigenvalue weighted by atomic mass is 32.2. The minimum absolute atomic E-state index is 0.0700. The van der Waals surface area contributed by atoms with Crippen LogP contribution in [0.3, 0.4) is 0 Å². The van der Waals surface area contributed by atoms with Crippen molar-refractivity contribution in [1.82, 2.24) is 15.0 Å². The Labute approximate surface area is 192 Å². The van der Waals surface area contributed by atoms with Gasteiger partial charge in [0.1, 0.15) is 10.6 Å². The van der Waals surface area contributed by atoms with Crippen LogP contribution in [0.2, 0.25) is 0 Å². The number of nitrogens with zero attached hydrogens (tertiary/aromatic N) is 3. The van der Waals surface area contributed by atoms with Gasteiger partial charge in [-0.25, -0.2) is 10.4 Å². The molecule has 3 heterocycles. The Morgan fingerprint density at radius 2 is 2.06 bits per heavy atom. The van der Waals surface area contributed by atoms with Crippen molar-refractivity contribution in [2.75, 3.05) is 5.75 Å². The summed E-state index contributed by atoms with van der Waals surface area (Å²) in [6, 6.07) is 12.9. The van der Waals surface area contributed by atoms with Crippen molar-refractivity contribution in [3.63, 3.8) is 0 Å². The van der Waals surface area contributed by atoms with E-state index in [-0.39, 0.29) is 17.2 Å². The van der Waals surface area contributed by atoms with Crippen LogP contribution in [0, 0.1) is 0 Å². The van der Waals surface area contributed by atoms with E-state index in [4.69, 9.17) is 9.40 Å². The van der Waals surface area contributed by atoms with Gasteiger partial charge in [0.25, 0.3) is 11.5 Å². The second kappa shape index (κ2) is 9.13. The molecule has 0 spiro atoms. The lowest BCUT2D eigenvalue weighted by Gasteiger charge is -2.13. The first-order valence-corrected chi connectivity index (χ1v) is 12.1. The number of hydrogen-bond donors (Lipinski definition) is 1. The van der Waals surface area contributed by atoms with Gasteiger partial charge >= 0.3 is 0 Å². The molecule has 9 heteroatoms. The lowest BCUT2D eigenvalue weighted by Crippen LogP contribution is -2.24. The van der Waals surface area contributed by atoms with Crippen LogP contribution >= 0.6 is 23.1 Å². The second-order valence-corrected chi connectivity index (χ2v) is 9.38. The zero-order valence-electron chi connectivity index (χ0n) is 17.1. The largest absolute Gasteiger partial charge is 0.463 e. The van der Waals surface area contributed by atoms with Crippen LogP contribution in [0.25, 0.3) is 15.9 Å². The molecule has 1 aliphatic carbocycles. The molecule has 1 amide bonds. The van der Waals surface area contributed by atoms with Crippen LogP contribution in [-0.2, 0) is 17.6 Å². The zero-order chi connectivity index (χ0) is 21.9. The summed E-state index contributed by atoms with van der Waals surface area (Å²) in [7, 11) is 0. The van der Waals surface area contributed by atoms with Gasteiger partial charge in [0.2, 0.25) is 0 Å². The van der Waals surface area contributed by atoms with Gasteiger partial charge in [-0.3, -0.25) is 14.2 Å². The molecule has 0 radical (unpaired) electrons. The SMILES string of the molecule is O=C(CSc1nc2sc3c(c2c(=O)n1-c1ccccc1)CCCC3)N/N=C\c1ccco1. The van der Waals surface area contributed by atoms with E-state index in [1.54, 1.807) is 28.0 Å². The number of para-hydroxylation sites is 1. The van der Waals surface area contributed by atoms with E-state index in [1.165, 1.54) is 29.1 Å². The molecule has 0 atom stereocenters. The third-order valence-corrected chi connectivity index (χ3v) is 7.35. The van der Waals surface area contributed by atoms with Gasteiger partial charge in [-0.2, -0.15) is 5.10 Å². The summed E-state index contributed by atoms with van der Waals surface area (Å²) in [5, 5.41) is 5.12. The van der Waals surface area contributed by atoms with Gasteiger partial charge in [-0.1, -0.05) is 30.0 Å². The molecule has 0 aliphatic heterocycles. The molecule has 0 unspecified atom stereocenters. The zero-order valence-corrected chi connectivity index (χ0v) is 18.7. The van der Waals surface area contributed by atoms with Gasteiger partial charge in [0.05, 0.1) is 29.3 Å². The molecule has 4 aromatic rings. The van der Waals surface area contributed by atoms with Crippen molar-refractivity contribution in [1.29, 1.82) is 0 Å². The van der Waals surface area contributed by atoms with Crippen LogP contribution < -0.4 is 11.0 Å². The molecular weight excluding hydrogens is 444 g/mol. The summed E-state index contributed by atoms with van der Waals surface area (Å²) in [6.45, 7) is 0. The fraction of sp³-hybridized carbons (Fsp3) is 0.217. The van der Waals surface area contributed by atoms with E-state index in [2.05, 4.69) is 10.5 Å². The molecule has 1 aliphatic rings. The average Bonchev–Trinajstić information content (AvgIpc) is 3.46. The molecule has 0 fully saturated rings. The monoisotopic (exact) mass is 464 g/mol. The van der Waals surface area contributed by atoms with Crippen molar-refractivity contribution in [3.05, 3.63) is 75.3 Å². The van der Waals surface area contributed by atoms with Gasteiger partial charge in [0.15, 0.2) is 5.16 Å². The molecule has 3 aromatic heterocycles. The third kappa shape index (κ3) is 4.13. The minimum atomic E-state index is -0.294. The highest BCUT2D eigenvalue weighted by Gasteiger charge is 2.23. The standard InChI is InChI=1S/C23H20N4O3S2/c28-19(26-24-13-16-9-6-12-30-16)14-31-23-25-21-20(17-10-4-5-11-18(17)32-21)22(29)27(23)15-7-2-1-3-8-15/h1-3,6-9,12-13H,4-5,10-11,14H2,(H,26,28)/b24-13-. The first kappa shape index (κ1) is 20.7. The van der Waals surface area contributed by atoms with E-state index in [1.807, 2.05) is 30.3 Å². The normalized spacial score (nSPS) is 13.5. The maximum Gasteiger partial charge on any atom is 0.267 e. The number of fused-ring (bicyclic) bond motifs is 3. The molecule has 5 rings (SSSR count). The maximum absolute atomic E-state index is 13.6. The summed E-state index contributed by atoms with van der Waals surface area (Å²) in [6.07, 6.45) is 7.13. The molecule has 0 saturated carbocycles. The Hall–Kier alpha value is -3.17. The van der Waals surface area contributed by atoms with Crippen LogP contribution in [0.15, 0.2) is 68.2 Å².